The standard InChI is InChI=1S/C21H31N3O5S.2ClH/c1-2-29-21(28)15(9-5-3-4-8-12-22)23-16-14-30-18-11-7-6-10-17(18)24(20(16)27)13-19(25)26;;/h6-7,10-11,15-16,23H,2-5,8-9,12-14,22H2,1H3,(H,25,26);2*1H/t15?,16-;;/m0../s1. The first kappa shape index (κ1) is 30.5. The second kappa shape index (κ2) is 16.1. The number of nitrogens with one attached hydrogen (secondary N) is 1. The van der Waals surface area contributed by atoms with E-state index < -0.39 is 24.6 Å². The van der Waals surface area contributed by atoms with Crippen LogP contribution in [-0.4, -0.2) is 60.5 Å². The number of aliphatic carboxylic acids is 1. The van der Waals surface area contributed by atoms with Crippen LogP contribution in [0.1, 0.15) is 39.0 Å². The minimum absolute atomic E-state index is 0. The summed E-state index contributed by atoms with van der Waals surface area (Å²) in [5, 5.41) is 12.5. The van der Waals surface area contributed by atoms with Crippen LogP contribution in [0.2, 0.25) is 0 Å². The molecular formula is C21H33Cl2N3O5S. The maximum Gasteiger partial charge on any atom is 0.323 e. The number of carbonyl (C=O) groups excluding carboxylic acids is 2. The molecule has 0 spiro atoms. The second-order valence-electron chi connectivity index (χ2n) is 7.11. The summed E-state index contributed by atoms with van der Waals surface area (Å²) in [6.45, 7) is 2.22. The smallest absolute Gasteiger partial charge is 0.323 e. The monoisotopic (exact) mass is 509 g/mol. The highest BCUT2D eigenvalue weighted by atomic mass is 35.5. The van der Waals surface area contributed by atoms with Crippen molar-refractivity contribution in [3.8, 4) is 0 Å². The van der Waals surface area contributed by atoms with E-state index in [0.29, 0.717) is 24.4 Å². The number of ether oxygens (including phenoxy) is 1. The van der Waals surface area contributed by atoms with Crippen LogP contribution in [-0.2, 0) is 19.1 Å². The quantitative estimate of drug-likeness (QED) is 0.290. The number of hydrogen-bond acceptors (Lipinski definition) is 7. The van der Waals surface area contributed by atoms with Gasteiger partial charge in [-0.15, -0.1) is 36.6 Å². The number of nitrogens with zero attached hydrogens (tertiary/aromatic N) is 1. The number of anilines is 1. The molecule has 2 rings (SSSR count). The number of halogens is 2. The predicted octanol–water partition coefficient (Wildman–Crippen LogP) is 2.85. The molecule has 0 radical (unpaired) electrons. The van der Waals surface area contributed by atoms with Gasteiger partial charge in [-0.1, -0.05) is 31.4 Å². The average Bonchev–Trinajstić information content (AvgIpc) is 2.84. The number of amides is 1. The number of esters is 1. The number of carboxylic acid groups (broad SMARTS) is 1. The van der Waals surface area contributed by atoms with E-state index in [0.717, 1.165) is 30.6 Å². The Kier molecular flexibility index (Phi) is 15.4. The number of thioether (sulfide) groups is 1. The Hall–Kier alpha value is -1.52. The topological polar surface area (TPSA) is 122 Å². The van der Waals surface area contributed by atoms with E-state index in [4.69, 9.17) is 10.5 Å². The molecule has 0 saturated heterocycles. The fraction of sp³-hybridized carbons (Fsp3) is 0.571. The summed E-state index contributed by atoms with van der Waals surface area (Å²) in [6.07, 6.45) is 4.23. The summed E-state index contributed by atoms with van der Waals surface area (Å²) in [5.74, 6) is -1.44. The van der Waals surface area contributed by atoms with Gasteiger partial charge in [-0.3, -0.25) is 24.6 Å². The van der Waals surface area contributed by atoms with Gasteiger partial charge in [0.2, 0.25) is 5.91 Å². The molecule has 0 saturated carbocycles. The van der Waals surface area contributed by atoms with Crippen molar-refractivity contribution in [2.24, 2.45) is 5.73 Å². The molecule has 1 unspecified atom stereocenters. The first-order valence-electron chi connectivity index (χ1n) is 10.4. The van der Waals surface area contributed by atoms with E-state index in [1.165, 1.54) is 16.7 Å². The van der Waals surface area contributed by atoms with Gasteiger partial charge in [0.15, 0.2) is 0 Å². The molecule has 11 heteroatoms. The van der Waals surface area contributed by atoms with Crippen LogP contribution < -0.4 is 16.0 Å². The molecule has 1 aromatic rings. The summed E-state index contributed by atoms with van der Waals surface area (Å²) in [6, 6.07) is 5.92. The fourth-order valence-corrected chi connectivity index (χ4v) is 4.46. The summed E-state index contributed by atoms with van der Waals surface area (Å²) < 4.78 is 5.20. The van der Waals surface area contributed by atoms with Crippen LogP contribution in [0.25, 0.3) is 0 Å². The van der Waals surface area contributed by atoms with Crippen LogP contribution in [0, 0.1) is 0 Å². The Morgan fingerprint density at radius 2 is 1.94 bits per heavy atom. The van der Waals surface area contributed by atoms with Gasteiger partial charge in [0, 0.05) is 10.6 Å². The van der Waals surface area contributed by atoms with Gasteiger partial charge in [-0.05, 0) is 38.4 Å². The minimum atomic E-state index is -1.09. The van der Waals surface area contributed by atoms with Gasteiger partial charge >= 0.3 is 11.9 Å². The number of carboxylic acids is 1. The average molecular weight is 510 g/mol. The van der Waals surface area contributed by atoms with E-state index in [2.05, 4.69) is 5.32 Å². The molecule has 0 bridgehead atoms. The molecule has 182 valence electrons. The van der Waals surface area contributed by atoms with Gasteiger partial charge in [-0.2, -0.15) is 0 Å². The van der Waals surface area contributed by atoms with Crippen molar-refractivity contribution < 1.29 is 24.2 Å². The molecule has 1 aliphatic rings. The Balaban J connectivity index is 0.00000480. The predicted molar refractivity (Wildman–Crippen MR) is 131 cm³/mol. The third kappa shape index (κ3) is 9.15. The van der Waals surface area contributed by atoms with Crippen LogP contribution >= 0.6 is 36.6 Å². The van der Waals surface area contributed by atoms with Gasteiger partial charge < -0.3 is 15.6 Å². The molecule has 0 aromatic heterocycles. The largest absolute Gasteiger partial charge is 0.480 e. The number of carbonyl (C=O) groups is 3. The molecule has 8 nitrogen and oxygen atoms in total. The van der Waals surface area contributed by atoms with E-state index >= 15 is 0 Å². The number of hydrogen-bond donors (Lipinski definition) is 3. The third-order valence-electron chi connectivity index (χ3n) is 4.84. The lowest BCUT2D eigenvalue weighted by atomic mass is 10.1. The van der Waals surface area contributed by atoms with Gasteiger partial charge in [-0.25, -0.2) is 0 Å². The van der Waals surface area contributed by atoms with Gasteiger partial charge in [0.05, 0.1) is 18.3 Å². The SMILES string of the molecule is CCOC(=O)C(CCCCCCN)N[C@H]1CSc2ccccc2N(CC(=O)O)C1=O.Cl.Cl. The molecule has 4 N–H and O–H groups in total. The lowest BCUT2D eigenvalue weighted by Crippen LogP contribution is -2.54. The number of para-hydroxylation sites is 1. The lowest BCUT2D eigenvalue weighted by molar-refractivity contribution is -0.146. The van der Waals surface area contributed by atoms with E-state index in [1.807, 2.05) is 12.1 Å². The molecule has 1 heterocycles. The number of fused-ring (bicyclic) bond motifs is 1. The summed E-state index contributed by atoms with van der Waals surface area (Å²) >= 11 is 1.47. The van der Waals surface area contributed by atoms with Crippen molar-refractivity contribution >= 4 is 60.1 Å². The number of rotatable bonds is 12. The number of nitrogens with two attached hydrogens (primary N) is 1. The Morgan fingerprint density at radius 1 is 1.25 bits per heavy atom. The van der Waals surface area contributed by atoms with Crippen molar-refractivity contribution in [1.29, 1.82) is 0 Å². The van der Waals surface area contributed by atoms with E-state index in [1.54, 1.807) is 19.1 Å². The number of benzene rings is 1. The lowest BCUT2D eigenvalue weighted by Gasteiger charge is -2.27. The van der Waals surface area contributed by atoms with Crippen LogP contribution in [0.5, 0.6) is 0 Å². The first-order valence-corrected chi connectivity index (χ1v) is 11.3. The first-order chi connectivity index (χ1) is 14.5. The van der Waals surface area contributed by atoms with E-state index in [-0.39, 0.29) is 43.3 Å². The third-order valence-corrected chi connectivity index (χ3v) is 6.00. The summed E-state index contributed by atoms with van der Waals surface area (Å²) in [7, 11) is 0. The van der Waals surface area contributed by atoms with Gasteiger partial charge in [0.25, 0.3) is 0 Å². The fourth-order valence-electron chi connectivity index (χ4n) is 3.37. The Labute approximate surface area is 205 Å². The number of unbranched alkanes of at least 4 members (excludes halogenated alkanes) is 3. The molecule has 1 amide bonds. The highest BCUT2D eigenvalue weighted by Gasteiger charge is 2.34. The molecular weight excluding hydrogens is 477 g/mol. The molecule has 2 atom stereocenters. The van der Waals surface area contributed by atoms with Crippen molar-refractivity contribution in [2.75, 3.05) is 30.3 Å². The van der Waals surface area contributed by atoms with E-state index in [9.17, 15) is 19.5 Å². The molecule has 1 aromatic carbocycles. The maximum absolute atomic E-state index is 13.2. The normalized spacial score (nSPS) is 16.1. The second-order valence-corrected chi connectivity index (χ2v) is 8.17. The zero-order chi connectivity index (χ0) is 21.9. The summed E-state index contributed by atoms with van der Waals surface area (Å²) in [4.78, 5) is 39.2. The zero-order valence-corrected chi connectivity index (χ0v) is 20.6. The zero-order valence-electron chi connectivity index (χ0n) is 18.2. The van der Waals surface area contributed by atoms with Crippen molar-refractivity contribution in [3.05, 3.63) is 24.3 Å². The molecule has 32 heavy (non-hydrogen) atoms. The van der Waals surface area contributed by atoms with Crippen LogP contribution in [0.15, 0.2) is 29.2 Å². The van der Waals surface area contributed by atoms with Crippen molar-refractivity contribution in [1.82, 2.24) is 5.32 Å². The highest BCUT2D eigenvalue weighted by Crippen LogP contribution is 2.34. The molecule has 0 aliphatic carbocycles. The van der Waals surface area contributed by atoms with Crippen LogP contribution in [0.4, 0.5) is 5.69 Å². The molecule has 0 fully saturated rings. The van der Waals surface area contributed by atoms with Crippen molar-refractivity contribution in [3.63, 3.8) is 0 Å². The molecule has 1 aliphatic heterocycles. The Bertz CT molecular complexity index is 741. The van der Waals surface area contributed by atoms with Crippen molar-refractivity contribution in [2.45, 2.75) is 56.0 Å². The minimum Gasteiger partial charge on any atom is -0.480 e. The Morgan fingerprint density at radius 3 is 2.59 bits per heavy atom. The summed E-state index contributed by atoms with van der Waals surface area (Å²) in [5.41, 5.74) is 6.10. The van der Waals surface area contributed by atoms with Gasteiger partial charge in [0.1, 0.15) is 12.6 Å². The maximum atomic E-state index is 13.2. The van der Waals surface area contributed by atoms with Crippen LogP contribution in [0.3, 0.4) is 0 Å². The highest BCUT2D eigenvalue weighted by molar-refractivity contribution is 7.99.